The van der Waals surface area contributed by atoms with Crippen LogP contribution >= 0.6 is 0 Å². The minimum atomic E-state index is -0.750. The van der Waals surface area contributed by atoms with E-state index in [1.54, 1.807) is 0 Å². The van der Waals surface area contributed by atoms with Crippen LogP contribution in [0.3, 0.4) is 0 Å². The van der Waals surface area contributed by atoms with E-state index in [0.29, 0.717) is 0 Å². The standard InChI is InChI=1S/C5H6F2/c1-4(6)3-5(2)7/h3H,1H2,2H3. The fourth-order valence-corrected chi connectivity index (χ4v) is 0.216. The molecule has 0 spiro atoms. The summed E-state index contributed by atoms with van der Waals surface area (Å²) in [5.41, 5.74) is 0. The summed E-state index contributed by atoms with van der Waals surface area (Å²) in [6.07, 6.45) is 0.722. The largest absolute Gasteiger partial charge is 0.212 e. The van der Waals surface area contributed by atoms with E-state index >= 15 is 0 Å². The van der Waals surface area contributed by atoms with Gasteiger partial charge in [-0.05, 0) is 6.92 Å². The monoisotopic (exact) mass is 104 g/mol. The van der Waals surface area contributed by atoms with Gasteiger partial charge in [0.2, 0.25) is 0 Å². The third-order valence-corrected chi connectivity index (χ3v) is 0.356. The maximum absolute atomic E-state index is 11.5. The Morgan fingerprint density at radius 1 is 1.57 bits per heavy atom. The highest BCUT2D eigenvalue weighted by Crippen LogP contribution is 2.00. The molecule has 0 N–H and O–H groups in total. The van der Waals surface area contributed by atoms with Crippen molar-refractivity contribution >= 4 is 0 Å². The van der Waals surface area contributed by atoms with Crippen molar-refractivity contribution in [2.75, 3.05) is 0 Å². The fraction of sp³-hybridized carbons (Fsp3) is 0.200. The van der Waals surface area contributed by atoms with Crippen molar-refractivity contribution in [1.29, 1.82) is 0 Å². The van der Waals surface area contributed by atoms with Crippen LogP contribution in [0.5, 0.6) is 0 Å². The predicted molar refractivity (Wildman–Crippen MR) is 25.1 cm³/mol. The second-order valence-corrected chi connectivity index (χ2v) is 1.18. The zero-order valence-corrected chi connectivity index (χ0v) is 4.04. The van der Waals surface area contributed by atoms with Crippen LogP contribution in [0, 0.1) is 0 Å². The molecule has 0 bridgehead atoms. The average Bonchev–Trinajstić information content (AvgIpc) is 1.27. The molecule has 0 saturated heterocycles. The molecule has 0 atom stereocenters. The van der Waals surface area contributed by atoms with Crippen LogP contribution in [0.25, 0.3) is 0 Å². The first kappa shape index (κ1) is 6.34. The zero-order valence-electron chi connectivity index (χ0n) is 4.04. The van der Waals surface area contributed by atoms with Crippen molar-refractivity contribution < 1.29 is 8.78 Å². The lowest BCUT2D eigenvalue weighted by molar-refractivity contribution is 0.616. The molecule has 0 aromatic rings. The van der Waals surface area contributed by atoms with Crippen LogP contribution < -0.4 is 0 Å². The summed E-state index contributed by atoms with van der Waals surface area (Å²) in [5.74, 6) is -1.31. The molecule has 0 rings (SSSR count). The molecule has 0 aromatic carbocycles. The van der Waals surface area contributed by atoms with Gasteiger partial charge in [-0.3, -0.25) is 0 Å². The Bertz CT molecular complexity index is 98.6. The third-order valence-electron chi connectivity index (χ3n) is 0.356. The van der Waals surface area contributed by atoms with E-state index in [-0.39, 0.29) is 0 Å². The molecule has 0 aromatic heterocycles. The smallest absolute Gasteiger partial charge is 0.118 e. The van der Waals surface area contributed by atoms with Gasteiger partial charge in [0.15, 0.2) is 0 Å². The van der Waals surface area contributed by atoms with Gasteiger partial charge in [0.05, 0.1) is 5.83 Å². The molecule has 0 unspecified atom stereocenters. The SMILES string of the molecule is C=C(F)C=C(C)F. The molecule has 40 valence electrons. The van der Waals surface area contributed by atoms with Crippen LogP contribution in [0.2, 0.25) is 0 Å². The van der Waals surface area contributed by atoms with E-state index in [1.807, 2.05) is 0 Å². The Morgan fingerprint density at radius 3 is 2.00 bits per heavy atom. The van der Waals surface area contributed by atoms with E-state index in [4.69, 9.17) is 0 Å². The van der Waals surface area contributed by atoms with Crippen molar-refractivity contribution in [3.8, 4) is 0 Å². The lowest BCUT2D eigenvalue weighted by Gasteiger charge is -1.78. The summed E-state index contributed by atoms with van der Waals surface area (Å²) >= 11 is 0. The second-order valence-electron chi connectivity index (χ2n) is 1.18. The Hall–Kier alpha value is -0.660. The first-order valence-corrected chi connectivity index (χ1v) is 1.81. The number of halogens is 2. The number of hydrogen-bond acceptors (Lipinski definition) is 0. The Morgan fingerprint density at radius 2 is 2.00 bits per heavy atom. The maximum atomic E-state index is 11.5. The van der Waals surface area contributed by atoms with Gasteiger partial charge in [-0.2, -0.15) is 0 Å². The summed E-state index contributed by atoms with van der Waals surface area (Å²) in [5, 5.41) is 0. The van der Waals surface area contributed by atoms with E-state index in [9.17, 15) is 8.78 Å². The van der Waals surface area contributed by atoms with E-state index in [0.717, 1.165) is 13.0 Å². The highest BCUT2D eigenvalue weighted by molar-refractivity contribution is 5.07. The number of allylic oxidation sites excluding steroid dienone is 3. The summed E-state index contributed by atoms with van der Waals surface area (Å²) in [7, 11) is 0. The minimum Gasteiger partial charge on any atom is -0.212 e. The topological polar surface area (TPSA) is 0 Å². The lowest BCUT2D eigenvalue weighted by Crippen LogP contribution is -1.60. The predicted octanol–water partition coefficient (Wildman–Crippen LogP) is 2.34. The normalized spacial score (nSPS) is 11.6. The fourth-order valence-electron chi connectivity index (χ4n) is 0.216. The molecule has 0 aliphatic heterocycles. The molecule has 0 heterocycles. The molecule has 0 aliphatic carbocycles. The molecular formula is C5H6F2. The highest BCUT2D eigenvalue weighted by Gasteiger charge is 1.82. The van der Waals surface area contributed by atoms with Gasteiger partial charge in [-0.25, -0.2) is 8.78 Å². The van der Waals surface area contributed by atoms with Gasteiger partial charge < -0.3 is 0 Å². The van der Waals surface area contributed by atoms with Crippen LogP contribution in [0.1, 0.15) is 6.92 Å². The second kappa shape index (κ2) is 2.50. The van der Waals surface area contributed by atoms with Gasteiger partial charge in [-0.1, -0.05) is 6.58 Å². The van der Waals surface area contributed by atoms with Gasteiger partial charge >= 0.3 is 0 Å². The van der Waals surface area contributed by atoms with Gasteiger partial charge in [0, 0.05) is 6.08 Å². The number of rotatable bonds is 1. The van der Waals surface area contributed by atoms with Crippen LogP contribution in [0.15, 0.2) is 24.3 Å². The van der Waals surface area contributed by atoms with E-state index in [2.05, 4.69) is 6.58 Å². The lowest BCUT2D eigenvalue weighted by atomic mass is 10.5. The summed E-state index contributed by atoms with van der Waals surface area (Å²) < 4.78 is 23.0. The molecule has 0 aliphatic rings. The molecular weight excluding hydrogens is 98.1 g/mol. The molecule has 2 heteroatoms. The minimum absolute atomic E-state index is 0.562. The van der Waals surface area contributed by atoms with Crippen molar-refractivity contribution in [1.82, 2.24) is 0 Å². The number of hydrogen-bond donors (Lipinski definition) is 0. The van der Waals surface area contributed by atoms with Crippen molar-refractivity contribution in [3.05, 3.63) is 24.3 Å². The van der Waals surface area contributed by atoms with Gasteiger partial charge in [0.1, 0.15) is 5.83 Å². The van der Waals surface area contributed by atoms with Crippen molar-refractivity contribution in [2.45, 2.75) is 6.92 Å². The average molecular weight is 104 g/mol. The van der Waals surface area contributed by atoms with Crippen molar-refractivity contribution in [2.24, 2.45) is 0 Å². The first-order valence-electron chi connectivity index (χ1n) is 1.81. The summed E-state index contributed by atoms with van der Waals surface area (Å²) in [4.78, 5) is 0. The highest BCUT2D eigenvalue weighted by atomic mass is 19.1. The first-order chi connectivity index (χ1) is 3.13. The summed E-state index contributed by atoms with van der Waals surface area (Å²) in [6.45, 7) is 3.97. The quantitative estimate of drug-likeness (QED) is 0.448. The zero-order chi connectivity index (χ0) is 5.86. The van der Waals surface area contributed by atoms with E-state index < -0.39 is 11.7 Å². The molecule has 0 amide bonds. The van der Waals surface area contributed by atoms with Gasteiger partial charge in [-0.15, -0.1) is 0 Å². The Balaban J connectivity index is 3.68. The molecule has 7 heavy (non-hydrogen) atoms. The van der Waals surface area contributed by atoms with E-state index in [1.165, 1.54) is 0 Å². The van der Waals surface area contributed by atoms with Crippen LogP contribution in [-0.4, -0.2) is 0 Å². The maximum Gasteiger partial charge on any atom is 0.118 e. The third kappa shape index (κ3) is 5.34. The molecule has 0 radical (unpaired) electrons. The molecule has 0 nitrogen and oxygen atoms in total. The summed E-state index contributed by atoms with van der Waals surface area (Å²) in [6, 6.07) is 0. The molecule has 0 fully saturated rings. The van der Waals surface area contributed by atoms with Crippen molar-refractivity contribution in [3.63, 3.8) is 0 Å². The Labute approximate surface area is 41.2 Å². The van der Waals surface area contributed by atoms with Gasteiger partial charge in [0.25, 0.3) is 0 Å². The molecule has 0 saturated carbocycles. The Kier molecular flexibility index (Phi) is 2.27. The van der Waals surface area contributed by atoms with Crippen LogP contribution in [0.4, 0.5) is 8.78 Å². The van der Waals surface area contributed by atoms with Crippen LogP contribution in [-0.2, 0) is 0 Å².